The minimum atomic E-state index is -0.0179. The van der Waals surface area contributed by atoms with E-state index in [1.165, 1.54) is 25.7 Å². The maximum absolute atomic E-state index is 12.8. The van der Waals surface area contributed by atoms with Gasteiger partial charge in [0.05, 0.1) is 5.56 Å². The number of benzene rings is 1. The first-order chi connectivity index (χ1) is 13.6. The summed E-state index contributed by atoms with van der Waals surface area (Å²) in [6.07, 6.45) is 6.71. The fourth-order valence-electron chi connectivity index (χ4n) is 5.25. The van der Waals surface area contributed by atoms with Gasteiger partial charge in [0.25, 0.3) is 5.91 Å². The van der Waals surface area contributed by atoms with Gasteiger partial charge >= 0.3 is 0 Å². The number of nitrogens with zero attached hydrogens (tertiary/aromatic N) is 1. The molecule has 4 heteroatoms. The minimum absolute atomic E-state index is 0. The Morgan fingerprint density at radius 2 is 1.93 bits per heavy atom. The van der Waals surface area contributed by atoms with Crippen LogP contribution in [0, 0.1) is 23.7 Å². The van der Waals surface area contributed by atoms with Gasteiger partial charge in [0.2, 0.25) is 5.88 Å². The summed E-state index contributed by atoms with van der Waals surface area (Å²) in [4.78, 5) is 17.1. The van der Waals surface area contributed by atoms with Crippen LogP contribution in [0.2, 0.25) is 0 Å². The van der Waals surface area contributed by atoms with E-state index in [4.69, 9.17) is 4.74 Å². The molecular weight excluding hydrogens is 348 g/mol. The van der Waals surface area contributed by atoms with Gasteiger partial charge in [-0.25, -0.2) is 4.98 Å². The van der Waals surface area contributed by atoms with Gasteiger partial charge < -0.3 is 10.1 Å². The number of hydrogen-bond acceptors (Lipinski definition) is 3. The average molecular weight is 381 g/mol. The first kappa shape index (κ1) is 19.0. The lowest BCUT2D eigenvalue weighted by Gasteiger charge is -2.46. The van der Waals surface area contributed by atoms with Gasteiger partial charge in [0.1, 0.15) is 6.61 Å². The van der Waals surface area contributed by atoms with Gasteiger partial charge in [-0.2, -0.15) is 0 Å². The number of pyridine rings is 1. The van der Waals surface area contributed by atoms with E-state index in [0.29, 0.717) is 29.9 Å². The van der Waals surface area contributed by atoms with Crippen LogP contribution in [-0.2, 0) is 6.61 Å². The topological polar surface area (TPSA) is 51.2 Å². The molecular formula is C24H32N2O2. The van der Waals surface area contributed by atoms with Gasteiger partial charge in [-0.1, -0.05) is 44.2 Å². The molecule has 150 valence electrons. The Bertz CT molecular complexity index is 792. The number of carbonyl (C=O) groups is 1. The van der Waals surface area contributed by atoms with Gasteiger partial charge in [0.15, 0.2) is 0 Å². The van der Waals surface area contributed by atoms with Crippen molar-refractivity contribution in [1.29, 1.82) is 0 Å². The Balaban J connectivity index is 0.00000240. The maximum Gasteiger partial charge on any atom is 0.253 e. The standard InChI is InChI=1S/C24H30N2O2.H2/c1-16-10-19-12-17(2)23(21(11-16)13-19)26-24(27)20-8-9-22(25-14-20)28-15-18-6-4-3-5-7-18;/h3-9,14,16-17,19,21,23H,10-13,15H2,1-2H3,(H,26,27);1H. The number of ether oxygens (including phenoxy) is 1. The molecule has 0 aliphatic heterocycles. The number of fused-ring (bicyclic) bond motifs is 2. The van der Waals surface area contributed by atoms with Gasteiger partial charge in [0, 0.05) is 19.7 Å². The van der Waals surface area contributed by atoms with Crippen molar-refractivity contribution in [2.24, 2.45) is 23.7 Å². The summed E-state index contributed by atoms with van der Waals surface area (Å²) in [5.41, 5.74) is 1.70. The number of hydrogen-bond donors (Lipinski definition) is 1. The maximum atomic E-state index is 12.8. The zero-order valence-electron chi connectivity index (χ0n) is 16.8. The van der Waals surface area contributed by atoms with Crippen LogP contribution in [0.25, 0.3) is 0 Å². The van der Waals surface area contributed by atoms with Crippen LogP contribution in [0.1, 0.15) is 56.9 Å². The first-order valence-corrected chi connectivity index (χ1v) is 10.5. The van der Waals surface area contributed by atoms with Crippen LogP contribution in [0.15, 0.2) is 48.7 Å². The van der Waals surface area contributed by atoms with E-state index in [0.717, 1.165) is 17.4 Å². The molecule has 28 heavy (non-hydrogen) atoms. The molecule has 2 aliphatic rings. The zero-order valence-corrected chi connectivity index (χ0v) is 16.8. The van der Waals surface area contributed by atoms with Gasteiger partial charge in [-0.3, -0.25) is 4.79 Å². The molecule has 5 unspecified atom stereocenters. The average Bonchev–Trinajstić information content (AvgIpc) is 2.70. The van der Waals surface area contributed by atoms with E-state index >= 15 is 0 Å². The van der Waals surface area contributed by atoms with Crippen LogP contribution in [0.5, 0.6) is 5.88 Å². The Morgan fingerprint density at radius 3 is 2.68 bits per heavy atom. The van der Waals surface area contributed by atoms with Crippen LogP contribution in [0.4, 0.5) is 0 Å². The number of carbonyl (C=O) groups excluding carboxylic acids is 1. The molecule has 5 atom stereocenters. The van der Waals surface area contributed by atoms with Gasteiger partial charge in [-0.15, -0.1) is 0 Å². The molecule has 1 N–H and O–H groups in total. The number of rotatable bonds is 5. The lowest BCUT2D eigenvalue weighted by Crippen LogP contribution is -2.50. The predicted molar refractivity (Wildman–Crippen MR) is 112 cm³/mol. The summed E-state index contributed by atoms with van der Waals surface area (Å²) in [6.45, 7) is 5.12. The second-order valence-corrected chi connectivity index (χ2v) is 8.81. The molecule has 2 bridgehead atoms. The summed E-state index contributed by atoms with van der Waals surface area (Å²) in [5, 5.41) is 3.32. The summed E-state index contributed by atoms with van der Waals surface area (Å²) in [7, 11) is 0. The molecule has 1 aromatic heterocycles. The van der Waals surface area contributed by atoms with Crippen molar-refractivity contribution in [3.8, 4) is 5.88 Å². The van der Waals surface area contributed by atoms with E-state index in [9.17, 15) is 4.79 Å². The molecule has 0 radical (unpaired) electrons. The largest absolute Gasteiger partial charge is 0.473 e. The second-order valence-electron chi connectivity index (χ2n) is 8.81. The SMILES string of the molecule is CC1CC2CC(C)C(NC(=O)c3ccc(OCc4ccccc4)nc3)C(C1)C2.[HH]. The highest BCUT2D eigenvalue weighted by Crippen LogP contribution is 2.44. The molecule has 2 fully saturated rings. The third kappa shape index (κ3) is 4.37. The highest BCUT2D eigenvalue weighted by molar-refractivity contribution is 5.94. The van der Waals surface area contributed by atoms with E-state index in [1.54, 1.807) is 12.3 Å². The minimum Gasteiger partial charge on any atom is -0.473 e. The summed E-state index contributed by atoms with van der Waals surface area (Å²) >= 11 is 0. The smallest absolute Gasteiger partial charge is 0.253 e. The van der Waals surface area contributed by atoms with E-state index in [-0.39, 0.29) is 13.4 Å². The Morgan fingerprint density at radius 1 is 1.11 bits per heavy atom. The number of amides is 1. The summed E-state index contributed by atoms with van der Waals surface area (Å²) < 4.78 is 5.72. The fourth-order valence-corrected chi connectivity index (χ4v) is 5.25. The monoisotopic (exact) mass is 380 g/mol. The molecule has 4 nitrogen and oxygen atoms in total. The molecule has 4 rings (SSSR count). The molecule has 2 aliphatic carbocycles. The van der Waals surface area contributed by atoms with Crippen molar-refractivity contribution in [2.75, 3.05) is 0 Å². The quantitative estimate of drug-likeness (QED) is 0.785. The fraction of sp³-hybridized carbons (Fsp3) is 0.500. The van der Waals surface area contributed by atoms with E-state index in [1.807, 2.05) is 36.4 Å². The van der Waals surface area contributed by atoms with Gasteiger partial charge in [-0.05, 0) is 61.0 Å². The van der Waals surface area contributed by atoms with Crippen molar-refractivity contribution in [3.05, 3.63) is 59.8 Å². The van der Waals surface area contributed by atoms with E-state index < -0.39 is 0 Å². The zero-order chi connectivity index (χ0) is 19.5. The Labute approximate surface area is 169 Å². The van der Waals surface area contributed by atoms with Crippen molar-refractivity contribution >= 4 is 5.91 Å². The lowest BCUT2D eigenvalue weighted by atomic mass is 9.63. The predicted octanol–water partition coefficient (Wildman–Crippen LogP) is 5.10. The normalized spacial score (nSPS) is 29.1. The number of aromatic nitrogens is 1. The molecule has 1 amide bonds. The third-order valence-electron chi connectivity index (χ3n) is 6.43. The summed E-state index contributed by atoms with van der Waals surface area (Å²) in [6, 6.07) is 13.9. The highest BCUT2D eigenvalue weighted by atomic mass is 16.5. The molecule has 2 saturated carbocycles. The molecule has 2 aromatic rings. The summed E-state index contributed by atoms with van der Waals surface area (Å²) in [5.74, 6) is 3.30. The van der Waals surface area contributed by atoms with Crippen molar-refractivity contribution in [1.82, 2.24) is 10.3 Å². The van der Waals surface area contributed by atoms with Crippen LogP contribution >= 0.6 is 0 Å². The first-order valence-electron chi connectivity index (χ1n) is 10.5. The Kier molecular flexibility index (Phi) is 5.65. The highest BCUT2D eigenvalue weighted by Gasteiger charge is 2.40. The number of nitrogens with one attached hydrogen (secondary N) is 1. The van der Waals surface area contributed by atoms with Crippen LogP contribution in [-0.4, -0.2) is 16.9 Å². The van der Waals surface area contributed by atoms with Crippen LogP contribution in [0.3, 0.4) is 0 Å². The van der Waals surface area contributed by atoms with Crippen molar-refractivity contribution in [2.45, 2.75) is 52.2 Å². The molecule has 1 aromatic carbocycles. The molecule has 1 heterocycles. The molecule has 0 saturated heterocycles. The lowest BCUT2D eigenvalue weighted by molar-refractivity contribution is 0.0596. The third-order valence-corrected chi connectivity index (χ3v) is 6.43. The Hall–Kier alpha value is -2.36. The second kappa shape index (κ2) is 8.34. The van der Waals surface area contributed by atoms with E-state index in [2.05, 4.69) is 24.1 Å². The van der Waals surface area contributed by atoms with Crippen molar-refractivity contribution < 1.29 is 11.0 Å². The van der Waals surface area contributed by atoms with Crippen molar-refractivity contribution in [3.63, 3.8) is 0 Å². The molecule has 0 spiro atoms. The van der Waals surface area contributed by atoms with Crippen LogP contribution < -0.4 is 10.1 Å².